The molecule has 3 aromatic rings. The molecule has 2 aromatic carbocycles. The zero-order valence-electron chi connectivity index (χ0n) is 18.3. The smallest absolute Gasteiger partial charge is 0.241 e. The summed E-state index contributed by atoms with van der Waals surface area (Å²) in [6.07, 6.45) is 3.72. The first kappa shape index (κ1) is 22.1. The molecule has 0 fully saturated rings. The van der Waals surface area contributed by atoms with Gasteiger partial charge in [0.1, 0.15) is 0 Å². The highest BCUT2D eigenvalue weighted by Crippen LogP contribution is 2.13. The zero-order chi connectivity index (χ0) is 22.1. The molecule has 7 heteroatoms. The maximum Gasteiger partial charge on any atom is 0.241 e. The van der Waals surface area contributed by atoms with E-state index in [2.05, 4.69) is 46.9 Å². The van der Waals surface area contributed by atoms with Crippen molar-refractivity contribution < 1.29 is 4.79 Å². The van der Waals surface area contributed by atoms with E-state index < -0.39 is 0 Å². The number of hydrogen-bond donors (Lipinski definition) is 2. The van der Waals surface area contributed by atoms with Crippen molar-refractivity contribution in [3.63, 3.8) is 0 Å². The minimum Gasteiger partial charge on any atom is -0.350 e. The summed E-state index contributed by atoms with van der Waals surface area (Å²) in [6, 6.07) is 20.3. The van der Waals surface area contributed by atoms with Crippen molar-refractivity contribution in [3.05, 3.63) is 89.7 Å². The Morgan fingerprint density at radius 3 is 2.45 bits per heavy atom. The maximum absolute atomic E-state index is 12.1. The topological polar surface area (TPSA) is 74.5 Å². The van der Waals surface area contributed by atoms with Crippen LogP contribution < -0.4 is 10.6 Å². The van der Waals surface area contributed by atoms with Crippen LogP contribution in [0.5, 0.6) is 0 Å². The van der Waals surface area contributed by atoms with E-state index in [-0.39, 0.29) is 18.5 Å². The summed E-state index contributed by atoms with van der Waals surface area (Å²) in [5.41, 5.74) is 3.43. The predicted molar refractivity (Wildman–Crippen MR) is 124 cm³/mol. The van der Waals surface area contributed by atoms with Crippen LogP contribution in [0.2, 0.25) is 0 Å². The van der Waals surface area contributed by atoms with Crippen LogP contribution in [0.25, 0.3) is 0 Å². The Morgan fingerprint density at radius 1 is 1.06 bits per heavy atom. The molecular weight excluding hydrogens is 388 g/mol. The van der Waals surface area contributed by atoms with Gasteiger partial charge < -0.3 is 15.5 Å². The Bertz CT molecular complexity index is 982. The van der Waals surface area contributed by atoms with Gasteiger partial charge in [-0.05, 0) is 29.7 Å². The molecule has 0 aliphatic rings. The average Bonchev–Trinajstić information content (AvgIpc) is 3.29. The fourth-order valence-corrected chi connectivity index (χ4v) is 3.10. The van der Waals surface area contributed by atoms with Crippen LogP contribution in [0, 0.1) is 0 Å². The first-order valence-corrected chi connectivity index (χ1v) is 10.4. The number of hydrogen-bond acceptors (Lipinski definition) is 3. The van der Waals surface area contributed by atoms with Gasteiger partial charge >= 0.3 is 0 Å². The van der Waals surface area contributed by atoms with Crippen molar-refractivity contribution in [2.45, 2.75) is 26.1 Å². The van der Waals surface area contributed by atoms with Crippen LogP contribution in [0.15, 0.2) is 78.0 Å². The van der Waals surface area contributed by atoms with Gasteiger partial charge in [0.15, 0.2) is 5.96 Å². The first-order chi connectivity index (χ1) is 15.0. The number of aliphatic imine (C=N–C) groups is 1. The highest BCUT2D eigenvalue weighted by Gasteiger charge is 2.11. The molecule has 0 saturated heterocycles. The number of rotatable bonds is 8. The molecule has 0 radical (unpaired) electrons. The molecule has 0 bridgehead atoms. The lowest BCUT2D eigenvalue weighted by molar-refractivity contribution is -0.127. The highest BCUT2D eigenvalue weighted by molar-refractivity contribution is 5.86. The van der Waals surface area contributed by atoms with E-state index >= 15 is 0 Å². The molecule has 2 N–H and O–H groups in total. The number of likely N-dealkylation sites (N-methyl/N-ethyl adjacent to an activating group) is 1. The number of carbonyl (C=O) groups excluding carboxylic acids is 1. The Hall–Kier alpha value is -3.61. The first-order valence-electron chi connectivity index (χ1n) is 10.4. The van der Waals surface area contributed by atoms with Crippen molar-refractivity contribution in [2.24, 2.45) is 4.99 Å². The van der Waals surface area contributed by atoms with Gasteiger partial charge in [0, 0.05) is 26.5 Å². The van der Waals surface area contributed by atoms with E-state index in [1.165, 1.54) is 0 Å². The van der Waals surface area contributed by atoms with E-state index in [1.54, 1.807) is 25.2 Å². The number of benzene rings is 2. The van der Waals surface area contributed by atoms with Gasteiger partial charge in [-0.1, -0.05) is 54.6 Å². The quantitative estimate of drug-likeness (QED) is 0.436. The van der Waals surface area contributed by atoms with Crippen molar-refractivity contribution >= 4 is 11.9 Å². The van der Waals surface area contributed by atoms with E-state index in [1.807, 2.05) is 47.3 Å². The molecular formula is C24H30N6O. The van der Waals surface area contributed by atoms with Gasteiger partial charge in [-0.2, -0.15) is 5.10 Å². The second kappa shape index (κ2) is 11.0. The molecule has 1 aromatic heterocycles. The second-order valence-corrected chi connectivity index (χ2v) is 7.56. The van der Waals surface area contributed by atoms with Gasteiger partial charge in [-0.25, -0.2) is 4.99 Å². The molecule has 7 nitrogen and oxygen atoms in total. The molecule has 1 amide bonds. The van der Waals surface area contributed by atoms with Gasteiger partial charge in [-0.15, -0.1) is 0 Å². The van der Waals surface area contributed by atoms with Crippen molar-refractivity contribution in [1.29, 1.82) is 0 Å². The fourth-order valence-electron chi connectivity index (χ4n) is 3.10. The molecule has 1 unspecified atom stereocenters. The third kappa shape index (κ3) is 6.70. The Morgan fingerprint density at radius 2 is 1.77 bits per heavy atom. The van der Waals surface area contributed by atoms with Crippen molar-refractivity contribution in [3.8, 4) is 0 Å². The van der Waals surface area contributed by atoms with E-state index in [0.29, 0.717) is 19.0 Å². The van der Waals surface area contributed by atoms with E-state index in [4.69, 9.17) is 4.99 Å². The minimum absolute atomic E-state index is 0.0130. The van der Waals surface area contributed by atoms with Crippen LogP contribution in [-0.2, 0) is 17.9 Å². The Labute approximate surface area is 183 Å². The maximum atomic E-state index is 12.1. The summed E-state index contributed by atoms with van der Waals surface area (Å²) in [7, 11) is 3.48. The Kier molecular flexibility index (Phi) is 7.81. The van der Waals surface area contributed by atoms with Crippen LogP contribution in [0.1, 0.15) is 29.7 Å². The van der Waals surface area contributed by atoms with Gasteiger partial charge in [0.2, 0.25) is 5.91 Å². The molecule has 0 spiro atoms. The van der Waals surface area contributed by atoms with Crippen LogP contribution >= 0.6 is 0 Å². The number of nitrogens with one attached hydrogen (secondary N) is 2. The summed E-state index contributed by atoms with van der Waals surface area (Å²) in [5.74, 6) is 0.585. The molecule has 0 aliphatic carbocycles. The van der Waals surface area contributed by atoms with E-state index in [9.17, 15) is 4.79 Å². The molecule has 1 atom stereocenters. The van der Waals surface area contributed by atoms with Crippen molar-refractivity contribution in [2.75, 3.05) is 20.6 Å². The monoisotopic (exact) mass is 418 g/mol. The van der Waals surface area contributed by atoms with Gasteiger partial charge in [-0.3, -0.25) is 9.48 Å². The largest absolute Gasteiger partial charge is 0.350 e. The molecule has 1 heterocycles. The lowest BCUT2D eigenvalue weighted by Crippen LogP contribution is -2.43. The molecule has 3 rings (SSSR count). The van der Waals surface area contributed by atoms with Crippen LogP contribution in [-0.4, -0.2) is 47.2 Å². The Balaban J connectivity index is 1.75. The zero-order valence-corrected chi connectivity index (χ0v) is 18.3. The predicted octanol–water partition coefficient (Wildman–Crippen LogP) is 2.82. The number of aromatic nitrogens is 2. The molecule has 31 heavy (non-hydrogen) atoms. The summed E-state index contributed by atoms with van der Waals surface area (Å²) in [5, 5.41) is 10.9. The molecule has 0 saturated carbocycles. The number of amides is 1. The lowest BCUT2D eigenvalue weighted by atomic mass is 10.1. The molecule has 0 aliphatic heterocycles. The fraction of sp³-hybridized carbons (Fsp3) is 0.292. The summed E-state index contributed by atoms with van der Waals surface area (Å²) in [6.45, 7) is 3.43. The molecule has 162 valence electrons. The third-order valence-corrected chi connectivity index (χ3v) is 4.98. The van der Waals surface area contributed by atoms with Gasteiger partial charge in [0.05, 0.1) is 25.7 Å². The highest BCUT2D eigenvalue weighted by atomic mass is 16.2. The summed E-state index contributed by atoms with van der Waals surface area (Å²) < 4.78 is 1.90. The normalized spacial score (nSPS) is 12.3. The van der Waals surface area contributed by atoms with Crippen LogP contribution in [0.3, 0.4) is 0 Å². The summed E-state index contributed by atoms with van der Waals surface area (Å²) in [4.78, 5) is 18.4. The lowest BCUT2D eigenvalue weighted by Gasteiger charge is -2.20. The minimum atomic E-state index is -0.0130. The standard InChI is InChI=1S/C24H30N6O/c1-19(20-10-5-4-6-11-20)28-24(26-17-23(31)29(2)3)25-16-21-12-7-8-13-22(21)18-30-15-9-14-27-30/h4-15,19H,16-18H2,1-3H3,(H2,25,26,28). The number of guanidine groups is 1. The SMILES string of the molecule is CC(NC(=NCc1ccccc1Cn1cccn1)NCC(=O)N(C)C)c1ccccc1. The van der Waals surface area contributed by atoms with E-state index in [0.717, 1.165) is 16.7 Å². The van der Waals surface area contributed by atoms with Crippen molar-refractivity contribution in [1.82, 2.24) is 25.3 Å². The number of carbonyl (C=O) groups is 1. The number of nitrogens with zero attached hydrogens (tertiary/aromatic N) is 4. The second-order valence-electron chi connectivity index (χ2n) is 7.56. The van der Waals surface area contributed by atoms with Crippen LogP contribution in [0.4, 0.5) is 0 Å². The van der Waals surface area contributed by atoms with Gasteiger partial charge in [0.25, 0.3) is 0 Å². The summed E-state index contributed by atoms with van der Waals surface area (Å²) >= 11 is 0. The third-order valence-electron chi connectivity index (χ3n) is 4.98. The average molecular weight is 419 g/mol.